The third-order valence-corrected chi connectivity index (χ3v) is 6.66. The van der Waals surface area contributed by atoms with Crippen molar-refractivity contribution in [3.05, 3.63) is 29.8 Å². The summed E-state index contributed by atoms with van der Waals surface area (Å²) < 4.78 is 27.8. The van der Waals surface area contributed by atoms with Crippen LogP contribution >= 0.6 is 0 Å². The fourth-order valence-corrected chi connectivity index (χ4v) is 4.91. The minimum Gasteiger partial charge on any atom is -0.349 e. The first-order chi connectivity index (χ1) is 11.9. The number of carbonyl (C=O) groups is 1. The third kappa shape index (κ3) is 4.80. The predicted molar refractivity (Wildman–Crippen MR) is 97.0 cm³/mol. The van der Waals surface area contributed by atoms with E-state index in [2.05, 4.69) is 22.0 Å². The maximum Gasteiger partial charge on any atom is 0.251 e. The van der Waals surface area contributed by atoms with Crippen molar-refractivity contribution in [2.24, 2.45) is 0 Å². The van der Waals surface area contributed by atoms with Crippen LogP contribution in [0.25, 0.3) is 0 Å². The molecular weight excluding hydrogens is 338 g/mol. The van der Waals surface area contributed by atoms with Gasteiger partial charge in [0.05, 0.1) is 4.90 Å². The summed E-state index contributed by atoms with van der Waals surface area (Å²) in [6.45, 7) is 1.93. The Kier molecular flexibility index (Phi) is 5.76. The number of hydrogen-bond acceptors (Lipinski definition) is 4. The molecule has 0 bridgehead atoms. The second-order valence-corrected chi connectivity index (χ2v) is 8.90. The van der Waals surface area contributed by atoms with Crippen molar-refractivity contribution in [3.8, 4) is 0 Å². The number of nitrogens with one attached hydrogen (secondary N) is 2. The lowest BCUT2D eigenvalue weighted by molar-refractivity contribution is 0.0916. The molecule has 1 aromatic rings. The van der Waals surface area contributed by atoms with Crippen molar-refractivity contribution in [1.29, 1.82) is 0 Å². The molecule has 0 aromatic heterocycles. The van der Waals surface area contributed by atoms with Gasteiger partial charge in [0, 0.05) is 17.6 Å². The highest BCUT2D eigenvalue weighted by molar-refractivity contribution is 7.89. The molecular formula is C18H27N3O3S. The lowest BCUT2D eigenvalue weighted by atomic mass is 10.0. The average Bonchev–Trinajstić information content (AvgIpc) is 3.09. The standard InChI is InChI=1S/C18H27N3O3S/c1-21-11-9-15(10-12-21)19-18(22)14-5-4-8-17(13-14)25(23,24)20-16-6-2-3-7-16/h4-5,8,13,15-16,20H,2-3,6-7,9-12H2,1H3,(H,19,22). The Bertz CT molecular complexity index is 706. The summed E-state index contributed by atoms with van der Waals surface area (Å²) in [6.07, 6.45) is 5.73. The predicted octanol–water partition coefficient (Wildman–Crippen LogP) is 1.73. The molecule has 138 valence electrons. The van der Waals surface area contributed by atoms with Crippen molar-refractivity contribution in [3.63, 3.8) is 0 Å². The molecule has 0 radical (unpaired) electrons. The van der Waals surface area contributed by atoms with Crippen LogP contribution in [0.1, 0.15) is 48.9 Å². The molecule has 0 atom stereocenters. The maximum atomic E-state index is 12.5. The van der Waals surface area contributed by atoms with E-state index >= 15 is 0 Å². The molecule has 3 rings (SSSR count). The Morgan fingerprint density at radius 1 is 1.08 bits per heavy atom. The Balaban J connectivity index is 1.66. The topological polar surface area (TPSA) is 78.5 Å². The average molecular weight is 365 g/mol. The SMILES string of the molecule is CN1CCC(NC(=O)c2cccc(S(=O)(=O)NC3CCCC3)c2)CC1. The van der Waals surface area contributed by atoms with E-state index in [0.717, 1.165) is 51.6 Å². The van der Waals surface area contributed by atoms with Crippen molar-refractivity contribution in [2.75, 3.05) is 20.1 Å². The van der Waals surface area contributed by atoms with E-state index in [4.69, 9.17) is 0 Å². The molecule has 2 aliphatic rings. The van der Waals surface area contributed by atoms with E-state index in [1.165, 1.54) is 6.07 Å². The summed E-state index contributed by atoms with van der Waals surface area (Å²) in [6, 6.07) is 6.49. The Morgan fingerprint density at radius 3 is 2.44 bits per heavy atom. The van der Waals surface area contributed by atoms with Gasteiger partial charge >= 0.3 is 0 Å². The molecule has 2 N–H and O–H groups in total. The van der Waals surface area contributed by atoms with Crippen molar-refractivity contribution in [2.45, 2.75) is 55.5 Å². The molecule has 1 aliphatic carbocycles. The molecule has 1 saturated carbocycles. The summed E-state index contributed by atoms with van der Waals surface area (Å²) in [5.41, 5.74) is 0.397. The van der Waals surface area contributed by atoms with Gasteiger partial charge in [-0.2, -0.15) is 0 Å². The number of hydrogen-bond donors (Lipinski definition) is 2. The first-order valence-corrected chi connectivity index (χ1v) is 10.5. The second-order valence-electron chi connectivity index (χ2n) is 7.18. The van der Waals surface area contributed by atoms with Gasteiger partial charge in [-0.25, -0.2) is 13.1 Å². The van der Waals surface area contributed by atoms with Crippen LogP contribution in [0, 0.1) is 0 Å². The molecule has 7 heteroatoms. The zero-order valence-electron chi connectivity index (χ0n) is 14.7. The van der Waals surface area contributed by atoms with Gasteiger partial charge in [0.15, 0.2) is 0 Å². The van der Waals surface area contributed by atoms with Gasteiger partial charge < -0.3 is 10.2 Å². The highest BCUT2D eigenvalue weighted by atomic mass is 32.2. The van der Waals surface area contributed by atoms with Crippen LogP contribution in [0.2, 0.25) is 0 Å². The van der Waals surface area contributed by atoms with Gasteiger partial charge in [0.2, 0.25) is 10.0 Å². The summed E-state index contributed by atoms with van der Waals surface area (Å²) in [5.74, 6) is -0.201. The van der Waals surface area contributed by atoms with Crippen LogP contribution < -0.4 is 10.0 Å². The van der Waals surface area contributed by atoms with Crippen LogP contribution in [-0.4, -0.2) is 51.4 Å². The molecule has 2 fully saturated rings. The number of amides is 1. The van der Waals surface area contributed by atoms with Crippen LogP contribution in [0.3, 0.4) is 0 Å². The molecule has 6 nitrogen and oxygen atoms in total. The van der Waals surface area contributed by atoms with Crippen molar-refractivity contribution < 1.29 is 13.2 Å². The van der Waals surface area contributed by atoms with Crippen LogP contribution in [-0.2, 0) is 10.0 Å². The van der Waals surface area contributed by atoms with E-state index in [1.54, 1.807) is 18.2 Å². The highest BCUT2D eigenvalue weighted by Gasteiger charge is 2.24. The fourth-order valence-electron chi connectivity index (χ4n) is 3.56. The van der Waals surface area contributed by atoms with Crippen LogP contribution in [0.4, 0.5) is 0 Å². The maximum absolute atomic E-state index is 12.5. The molecule has 0 unspecified atom stereocenters. The Labute approximate surface area is 150 Å². The molecule has 25 heavy (non-hydrogen) atoms. The van der Waals surface area contributed by atoms with Crippen molar-refractivity contribution >= 4 is 15.9 Å². The van der Waals surface area contributed by atoms with Gasteiger partial charge in [-0.3, -0.25) is 4.79 Å². The molecule has 1 amide bonds. The van der Waals surface area contributed by atoms with E-state index in [9.17, 15) is 13.2 Å². The zero-order valence-corrected chi connectivity index (χ0v) is 15.5. The Morgan fingerprint density at radius 2 is 1.76 bits per heavy atom. The zero-order chi connectivity index (χ0) is 17.9. The summed E-state index contributed by atoms with van der Waals surface area (Å²) in [7, 11) is -1.50. The second kappa shape index (κ2) is 7.85. The quantitative estimate of drug-likeness (QED) is 0.833. The fraction of sp³-hybridized carbons (Fsp3) is 0.611. The number of piperidine rings is 1. The first kappa shape index (κ1) is 18.4. The number of benzene rings is 1. The van der Waals surface area contributed by atoms with Crippen LogP contribution in [0.15, 0.2) is 29.2 Å². The first-order valence-electron chi connectivity index (χ1n) is 9.06. The molecule has 1 heterocycles. The summed E-state index contributed by atoms with van der Waals surface area (Å²) in [5, 5.41) is 3.03. The third-order valence-electron chi connectivity index (χ3n) is 5.14. The van der Waals surface area contributed by atoms with Gasteiger partial charge in [-0.1, -0.05) is 18.9 Å². The van der Waals surface area contributed by atoms with E-state index in [0.29, 0.717) is 5.56 Å². The normalized spacial score (nSPS) is 20.7. The Hall–Kier alpha value is -1.44. The van der Waals surface area contributed by atoms with Gasteiger partial charge in [-0.15, -0.1) is 0 Å². The highest BCUT2D eigenvalue weighted by Crippen LogP contribution is 2.21. The summed E-state index contributed by atoms with van der Waals surface area (Å²) >= 11 is 0. The molecule has 1 aromatic carbocycles. The molecule has 1 aliphatic heterocycles. The number of nitrogens with zero attached hydrogens (tertiary/aromatic N) is 1. The van der Waals surface area contributed by atoms with Crippen molar-refractivity contribution in [1.82, 2.24) is 14.9 Å². The largest absolute Gasteiger partial charge is 0.349 e. The molecule has 1 saturated heterocycles. The van der Waals surface area contributed by atoms with E-state index in [-0.39, 0.29) is 22.9 Å². The number of sulfonamides is 1. The number of rotatable bonds is 5. The monoisotopic (exact) mass is 365 g/mol. The summed E-state index contributed by atoms with van der Waals surface area (Å²) in [4.78, 5) is 14.9. The lowest BCUT2D eigenvalue weighted by Crippen LogP contribution is -2.43. The van der Waals surface area contributed by atoms with E-state index < -0.39 is 10.0 Å². The van der Waals surface area contributed by atoms with Gasteiger partial charge in [0.25, 0.3) is 5.91 Å². The minimum atomic E-state index is -3.58. The number of carbonyl (C=O) groups excluding carboxylic acids is 1. The van der Waals surface area contributed by atoms with Crippen LogP contribution in [0.5, 0.6) is 0 Å². The molecule has 0 spiro atoms. The smallest absolute Gasteiger partial charge is 0.251 e. The van der Waals surface area contributed by atoms with E-state index in [1.807, 2.05) is 0 Å². The minimum absolute atomic E-state index is 0.0155. The lowest BCUT2D eigenvalue weighted by Gasteiger charge is -2.29. The number of likely N-dealkylation sites (tertiary alicyclic amines) is 1. The van der Waals surface area contributed by atoms with Gasteiger partial charge in [-0.05, 0) is 64.0 Å². The van der Waals surface area contributed by atoms with Gasteiger partial charge in [0.1, 0.15) is 0 Å².